The van der Waals surface area contributed by atoms with Crippen LogP contribution >= 0.6 is 22.6 Å². The van der Waals surface area contributed by atoms with E-state index in [0.29, 0.717) is 9.13 Å². The number of alkyl halides is 3. The minimum atomic E-state index is -4.21. The third-order valence-electron chi connectivity index (χ3n) is 3.33. The van der Waals surface area contributed by atoms with Crippen molar-refractivity contribution in [2.24, 2.45) is 0 Å². The molecule has 2 heterocycles. The molecule has 0 aliphatic carbocycles. The van der Waals surface area contributed by atoms with Gasteiger partial charge in [-0.25, -0.2) is 4.98 Å². The van der Waals surface area contributed by atoms with E-state index in [0.717, 1.165) is 0 Å². The van der Waals surface area contributed by atoms with Gasteiger partial charge in [0.15, 0.2) is 0 Å². The predicted molar refractivity (Wildman–Crippen MR) is 81.9 cm³/mol. The number of piperazine rings is 1. The van der Waals surface area contributed by atoms with Crippen LogP contribution in [0.1, 0.15) is 10.4 Å². The molecule has 122 valence electrons. The number of hydrogen-bond donors (Lipinski definition) is 0. The molecule has 1 aromatic heterocycles. The molecule has 1 aliphatic heterocycles. The summed E-state index contributed by atoms with van der Waals surface area (Å²) >= 11 is 2.02. The van der Waals surface area contributed by atoms with Crippen molar-refractivity contribution in [1.29, 1.82) is 0 Å². The van der Waals surface area contributed by atoms with Crippen LogP contribution in [-0.4, -0.2) is 66.7 Å². The van der Waals surface area contributed by atoms with Gasteiger partial charge in [0, 0.05) is 35.9 Å². The van der Waals surface area contributed by atoms with E-state index in [-0.39, 0.29) is 38.0 Å². The summed E-state index contributed by atoms with van der Waals surface area (Å²) < 4.78 is 42.9. The van der Waals surface area contributed by atoms with Crippen molar-refractivity contribution in [2.45, 2.75) is 6.18 Å². The number of ether oxygens (including phenoxy) is 1. The highest BCUT2D eigenvalue weighted by Gasteiger charge is 2.33. The van der Waals surface area contributed by atoms with E-state index in [4.69, 9.17) is 4.74 Å². The van der Waals surface area contributed by atoms with Crippen molar-refractivity contribution in [2.75, 3.05) is 39.8 Å². The fourth-order valence-corrected chi connectivity index (χ4v) is 2.91. The number of rotatable bonds is 3. The van der Waals surface area contributed by atoms with Gasteiger partial charge in [0.25, 0.3) is 5.91 Å². The molecule has 1 aliphatic rings. The zero-order valence-electron chi connectivity index (χ0n) is 11.9. The van der Waals surface area contributed by atoms with Crippen LogP contribution in [0.4, 0.5) is 13.2 Å². The molecule has 2 rings (SSSR count). The molecule has 1 saturated heterocycles. The van der Waals surface area contributed by atoms with Gasteiger partial charge in [0.2, 0.25) is 5.88 Å². The summed E-state index contributed by atoms with van der Waals surface area (Å²) in [5, 5.41) is 0. The number of pyridine rings is 1. The summed E-state index contributed by atoms with van der Waals surface area (Å²) in [4.78, 5) is 19.4. The second-order valence-corrected chi connectivity index (χ2v) is 6.02. The van der Waals surface area contributed by atoms with Crippen LogP contribution in [0.25, 0.3) is 0 Å². The monoisotopic (exact) mass is 429 g/mol. The minimum Gasteiger partial charge on any atom is -0.480 e. The number of nitrogens with zero attached hydrogens (tertiary/aromatic N) is 3. The lowest BCUT2D eigenvalue weighted by Crippen LogP contribution is -2.51. The molecule has 0 spiro atoms. The lowest BCUT2D eigenvalue weighted by molar-refractivity contribution is -0.148. The maximum Gasteiger partial charge on any atom is 0.401 e. The van der Waals surface area contributed by atoms with Crippen molar-refractivity contribution in [3.8, 4) is 5.88 Å². The zero-order valence-corrected chi connectivity index (χ0v) is 14.0. The summed E-state index contributed by atoms with van der Waals surface area (Å²) in [5.74, 6) is -0.0318. The maximum atomic E-state index is 12.6. The number of carbonyl (C=O) groups is 1. The molecule has 0 aromatic carbocycles. The van der Waals surface area contributed by atoms with Crippen molar-refractivity contribution >= 4 is 28.5 Å². The van der Waals surface area contributed by atoms with Crippen LogP contribution < -0.4 is 4.74 Å². The molecular formula is C13H15F3IN3O2. The van der Waals surface area contributed by atoms with E-state index in [2.05, 4.69) is 4.98 Å². The first-order valence-corrected chi connectivity index (χ1v) is 7.66. The smallest absolute Gasteiger partial charge is 0.401 e. The standard InChI is InChI=1S/C13H15F3IN3O2/c1-22-11-10(9(17)2-3-18-11)12(21)20-6-4-19(5-7-20)8-13(14,15)16/h2-3H,4-8H2,1H3. The van der Waals surface area contributed by atoms with Crippen LogP contribution in [0, 0.1) is 3.57 Å². The van der Waals surface area contributed by atoms with E-state index in [9.17, 15) is 18.0 Å². The molecule has 0 saturated carbocycles. The largest absolute Gasteiger partial charge is 0.480 e. The molecule has 0 unspecified atom stereocenters. The first-order valence-electron chi connectivity index (χ1n) is 6.58. The van der Waals surface area contributed by atoms with Gasteiger partial charge in [0.1, 0.15) is 5.56 Å². The van der Waals surface area contributed by atoms with E-state index in [1.54, 1.807) is 12.3 Å². The van der Waals surface area contributed by atoms with E-state index in [1.165, 1.54) is 16.9 Å². The fourth-order valence-electron chi connectivity index (χ4n) is 2.29. The second-order valence-electron chi connectivity index (χ2n) is 4.86. The van der Waals surface area contributed by atoms with Gasteiger partial charge < -0.3 is 9.64 Å². The van der Waals surface area contributed by atoms with Gasteiger partial charge in [-0.3, -0.25) is 9.69 Å². The molecule has 0 radical (unpaired) electrons. The van der Waals surface area contributed by atoms with Gasteiger partial charge in [-0.15, -0.1) is 0 Å². The number of carbonyl (C=O) groups excluding carboxylic acids is 1. The molecular weight excluding hydrogens is 414 g/mol. The van der Waals surface area contributed by atoms with Crippen LogP contribution in [0.15, 0.2) is 12.3 Å². The topological polar surface area (TPSA) is 45.7 Å². The van der Waals surface area contributed by atoms with E-state index < -0.39 is 12.7 Å². The van der Waals surface area contributed by atoms with Gasteiger partial charge in [-0.05, 0) is 28.7 Å². The Morgan fingerprint density at radius 2 is 2.00 bits per heavy atom. The molecule has 22 heavy (non-hydrogen) atoms. The molecule has 0 N–H and O–H groups in total. The summed E-state index contributed by atoms with van der Waals surface area (Å²) in [6, 6.07) is 1.69. The fraction of sp³-hybridized carbons (Fsp3) is 0.538. The highest BCUT2D eigenvalue weighted by atomic mass is 127. The van der Waals surface area contributed by atoms with Crippen molar-refractivity contribution in [3.05, 3.63) is 21.4 Å². The number of hydrogen-bond acceptors (Lipinski definition) is 4. The van der Waals surface area contributed by atoms with Crippen LogP contribution in [0.2, 0.25) is 0 Å². The van der Waals surface area contributed by atoms with Gasteiger partial charge in [-0.1, -0.05) is 0 Å². The van der Waals surface area contributed by atoms with E-state index >= 15 is 0 Å². The molecule has 1 aromatic rings. The Morgan fingerprint density at radius 3 is 2.55 bits per heavy atom. The predicted octanol–water partition coefficient (Wildman–Crippen LogP) is 2.01. The Kier molecular flexibility index (Phi) is 5.48. The van der Waals surface area contributed by atoms with Crippen molar-refractivity contribution < 1.29 is 22.7 Å². The first kappa shape index (κ1) is 17.3. The van der Waals surface area contributed by atoms with Crippen molar-refractivity contribution in [3.63, 3.8) is 0 Å². The van der Waals surface area contributed by atoms with Crippen LogP contribution in [0.3, 0.4) is 0 Å². The van der Waals surface area contributed by atoms with E-state index in [1.807, 2.05) is 22.6 Å². The highest BCUT2D eigenvalue weighted by molar-refractivity contribution is 14.1. The number of amides is 1. The normalized spacial score (nSPS) is 16.7. The lowest BCUT2D eigenvalue weighted by Gasteiger charge is -2.35. The zero-order chi connectivity index (χ0) is 16.3. The third kappa shape index (κ3) is 4.22. The van der Waals surface area contributed by atoms with Crippen LogP contribution in [-0.2, 0) is 0 Å². The summed E-state index contributed by atoms with van der Waals surface area (Å²) in [6.45, 7) is -0.0380. The third-order valence-corrected chi connectivity index (χ3v) is 4.23. The Morgan fingerprint density at radius 1 is 1.36 bits per heavy atom. The summed E-state index contributed by atoms with van der Waals surface area (Å²) in [5.41, 5.74) is 0.356. The molecule has 9 heteroatoms. The summed E-state index contributed by atoms with van der Waals surface area (Å²) in [6.07, 6.45) is -2.67. The second kappa shape index (κ2) is 6.99. The highest BCUT2D eigenvalue weighted by Crippen LogP contribution is 2.24. The van der Waals surface area contributed by atoms with Crippen molar-refractivity contribution in [1.82, 2.24) is 14.8 Å². The maximum absolute atomic E-state index is 12.6. The average molecular weight is 429 g/mol. The number of aromatic nitrogens is 1. The van der Waals surface area contributed by atoms with Gasteiger partial charge in [0.05, 0.1) is 13.7 Å². The quantitative estimate of drug-likeness (QED) is 0.691. The Hall–Kier alpha value is -1.10. The molecule has 1 amide bonds. The van der Waals surface area contributed by atoms with Gasteiger partial charge >= 0.3 is 6.18 Å². The SMILES string of the molecule is COc1nccc(I)c1C(=O)N1CCN(CC(F)(F)F)CC1. The molecule has 0 atom stereocenters. The number of methoxy groups -OCH3 is 1. The van der Waals surface area contributed by atoms with Crippen LogP contribution in [0.5, 0.6) is 5.88 Å². The first-order chi connectivity index (χ1) is 10.3. The molecule has 1 fully saturated rings. The lowest BCUT2D eigenvalue weighted by atomic mass is 10.2. The molecule has 0 bridgehead atoms. The number of halogens is 4. The Labute approximate surface area is 139 Å². The summed E-state index contributed by atoms with van der Waals surface area (Å²) in [7, 11) is 1.43. The minimum absolute atomic E-state index is 0.199. The van der Waals surface area contributed by atoms with Gasteiger partial charge in [-0.2, -0.15) is 13.2 Å². The average Bonchev–Trinajstić information content (AvgIpc) is 2.45. The Bertz CT molecular complexity index is 546. The Balaban J connectivity index is 2.04. The molecule has 5 nitrogen and oxygen atoms in total.